The first-order valence-corrected chi connectivity index (χ1v) is 2.99. The number of aromatic nitrogens is 1. The molecular weight excluding hydrogens is 133 g/mol. The fourth-order valence-electron chi connectivity index (χ4n) is 0.725. The molecule has 0 fully saturated rings. The van der Waals surface area contributed by atoms with Crippen LogP contribution < -0.4 is 0 Å². The van der Waals surface area contributed by atoms with E-state index in [4.69, 9.17) is 5.11 Å². The summed E-state index contributed by atoms with van der Waals surface area (Å²) < 4.78 is 12.6. The second-order valence-corrected chi connectivity index (χ2v) is 2.07. The summed E-state index contributed by atoms with van der Waals surface area (Å²) in [6, 6.07) is 1.46. The third-order valence-electron chi connectivity index (χ3n) is 1.25. The number of hydrogen-bond donors (Lipinski definition) is 1. The van der Waals surface area contributed by atoms with Crippen molar-refractivity contribution in [1.82, 2.24) is 4.98 Å². The van der Waals surface area contributed by atoms with E-state index in [-0.39, 0.29) is 5.56 Å². The molecule has 10 heavy (non-hydrogen) atoms. The van der Waals surface area contributed by atoms with Crippen molar-refractivity contribution in [3.8, 4) is 0 Å². The van der Waals surface area contributed by atoms with E-state index in [0.29, 0.717) is 0 Å². The predicted molar refractivity (Wildman–Crippen MR) is 34.8 cm³/mol. The first-order valence-electron chi connectivity index (χ1n) is 2.99. The maximum absolute atomic E-state index is 12.6. The normalized spacial score (nSPS) is 13.1. The lowest BCUT2D eigenvalue weighted by Crippen LogP contribution is -1.95. The minimum Gasteiger partial charge on any atom is -0.389 e. The van der Waals surface area contributed by atoms with E-state index in [0.717, 1.165) is 6.20 Å². The molecule has 0 saturated carbocycles. The Bertz CT molecular complexity index is 225. The highest BCUT2D eigenvalue weighted by atomic mass is 19.1. The van der Waals surface area contributed by atoms with Crippen molar-refractivity contribution in [2.45, 2.75) is 13.0 Å². The molecular formula is C7H8FNO. The zero-order chi connectivity index (χ0) is 7.56. The average Bonchev–Trinajstić information content (AvgIpc) is 1.88. The smallest absolute Gasteiger partial charge is 0.147 e. The Labute approximate surface area is 58.3 Å². The maximum Gasteiger partial charge on any atom is 0.147 e. The summed E-state index contributed by atoms with van der Waals surface area (Å²) in [5.74, 6) is -0.461. The van der Waals surface area contributed by atoms with Gasteiger partial charge in [-0.25, -0.2) is 4.39 Å². The SMILES string of the molecule is C[C@H](O)c1ccncc1F. The van der Waals surface area contributed by atoms with Crippen LogP contribution in [0.3, 0.4) is 0 Å². The largest absolute Gasteiger partial charge is 0.389 e. The minimum atomic E-state index is -0.761. The fraction of sp³-hybridized carbons (Fsp3) is 0.286. The van der Waals surface area contributed by atoms with E-state index in [2.05, 4.69) is 4.98 Å². The number of aliphatic hydroxyl groups is 1. The van der Waals surface area contributed by atoms with Crippen LogP contribution in [0.1, 0.15) is 18.6 Å². The molecule has 0 radical (unpaired) electrons. The van der Waals surface area contributed by atoms with Crippen LogP contribution in [0.25, 0.3) is 0 Å². The van der Waals surface area contributed by atoms with Crippen molar-refractivity contribution in [3.63, 3.8) is 0 Å². The molecule has 3 heteroatoms. The molecule has 0 bridgehead atoms. The molecule has 54 valence electrons. The number of hydrogen-bond acceptors (Lipinski definition) is 2. The summed E-state index contributed by atoms with van der Waals surface area (Å²) in [6.07, 6.45) is 1.77. The quantitative estimate of drug-likeness (QED) is 0.639. The van der Waals surface area contributed by atoms with Gasteiger partial charge in [0, 0.05) is 11.8 Å². The van der Waals surface area contributed by atoms with Crippen LogP contribution in [0.5, 0.6) is 0 Å². The molecule has 1 aromatic heterocycles. The Kier molecular flexibility index (Phi) is 1.97. The Morgan fingerprint density at radius 1 is 1.70 bits per heavy atom. The Hall–Kier alpha value is -0.960. The molecule has 0 aliphatic carbocycles. The fourth-order valence-corrected chi connectivity index (χ4v) is 0.725. The molecule has 0 spiro atoms. The average molecular weight is 141 g/mol. The topological polar surface area (TPSA) is 33.1 Å². The first-order chi connectivity index (χ1) is 4.72. The van der Waals surface area contributed by atoms with Gasteiger partial charge in [0.2, 0.25) is 0 Å². The van der Waals surface area contributed by atoms with E-state index < -0.39 is 11.9 Å². The van der Waals surface area contributed by atoms with E-state index in [1.54, 1.807) is 0 Å². The zero-order valence-electron chi connectivity index (χ0n) is 5.58. The van der Waals surface area contributed by atoms with Gasteiger partial charge in [-0.1, -0.05) is 0 Å². The van der Waals surface area contributed by atoms with E-state index in [1.165, 1.54) is 19.2 Å². The third-order valence-corrected chi connectivity index (χ3v) is 1.25. The molecule has 2 nitrogen and oxygen atoms in total. The van der Waals surface area contributed by atoms with Crippen molar-refractivity contribution in [2.75, 3.05) is 0 Å². The molecule has 0 aliphatic rings. The predicted octanol–water partition coefficient (Wildman–Crippen LogP) is 1.27. The summed E-state index contributed by atoms with van der Waals surface area (Å²) in [6.45, 7) is 1.51. The van der Waals surface area contributed by atoms with Crippen LogP contribution in [-0.2, 0) is 0 Å². The molecule has 0 unspecified atom stereocenters. The van der Waals surface area contributed by atoms with Gasteiger partial charge in [0.25, 0.3) is 0 Å². The highest BCUT2D eigenvalue weighted by molar-refractivity contribution is 5.14. The Balaban J connectivity index is 3.03. The maximum atomic E-state index is 12.6. The second-order valence-electron chi connectivity index (χ2n) is 2.07. The molecule has 1 N–H and O–H groups in total. The summed E-state index contributed by atoms with van der Waals surface area (Å²) in [7, 11) is 0. The van der Waals surface area contributed by atoms with E-state index in [9.17, 15) is 4.39 Å². The lowest BCUT2D eigenvalue weighted by molar-refractivity contribution is 0.194. The van der Waals surface area contributed by atoms with Gasteiger partial charge >= 0.3 is 0 Å². The summed E-state index contributed by atoms with van der Waals surface area (Å²) >= 11 is 0. The van der Waals surface area contributed by atoms with Gasteiger partial charge in [0.15, 0.2) is 0 Å². The van der Waals surface area contributed by atoms with Gasteiger partial charge in [0.05, 0.1) is 12.3 Å². The number of halogens is 1. The van der Waals surface area contributed by atoms with Crippen LogP contribution >= 0.6 is 0 Å². The minimum absolute atomic E-state index is 0.287. The summed E-state index contributed by atoms with van der Waals surface area (Å²) in [5, 5.41) is 8.94. The number of pyridine rings is 1. The van der Waals surface area contributed by atoms with Gasteiger partial charge in [-0.05, 0) is 13.0 Å². The van der Waals surface area contributed by atoms with Crippen LogP contribution in [0.2, 0.25) is 0 Å². The monoisotopic (exact) mass is 141 g/mol. The molecule has 1 heterocycles. The molecule has 0 saturated heterocycles. The molecule has 0 amide bonds. The highest BCUT2D eigenvalue weighted by Gasteiger charge is 2.05. The van der Waals surface area contributed by atoms with Gasteiger partial charge in [-0.3, -0.25) is 4.98 Å². The van der Waals surface area contributed by atoms with Crippen LogP contribution in [0.15, 0.2) is 18.5 Å². The highest BCUT2D eigenvalue weighted by Crippen LogP contribution is 2.13. The third kappa shape index (κ3) is 1.30. The van der Waals surface area contributed by atoms with Crippen LogP contribution in [0, 0.1) is 5.82 Å². The van der Waals surface area contributed by atoms with Gasteiger partial charge in [-0.2, -0.15) is 0 Å². The zero-order valence-corrected chi connectivity index (χ0v) is 5.58. The summed E-state index contributed by atoms with van der Waals surface area (Å²) in [5.41, 5.74) is 0.287. The lowest BCUT2D eigenvalue weighted by Gasteiger charge is -2.03. The lowest BCUT2D eigenvalue weighted by atomic mass is 10.2. The molecule has 1 atom stereocenters. The van der Waals surface area contributed by atoms with Crippen molar-refractivity contribution in [2.24, 2.45) is 0 Å². The van der Waals surface area contributed by atoms with Crippen LogP contribution in [0.4, 0.5) is 4.39 Å². The first kappa shape index (κ1) is 7.15. The summed E-state index contributed by atoms with van der Waals surface area (Å²) in [4.78, 5) is 3.54. The Morgan fingerprint density at radius 2 is 2.40 bits per heavy atom. The van der Waals surface area contributed by atoms with Crippen molar-refractivity contribution in [1.29, 1.82) is 0 Å². The van der Waals surface area contributed by atoms with Crippen LogP contribution in [-0.4, -0.2) is 10.1 Å². The van der Waals surface area contributed by atoms with Crippen molar-refractivity contribution < 1.29 is 9.50 Å². The second kappa shape index (κ2) is 2.75. The van der Waals surface area contributed by atoms with Crippen molar-refractivity contribution >= 4 is 0 Å². The molecule has 0 aromatic carbocycles. The standard InChI is InChI=1S/C7H8FNO/c1-5(10)6-2-3-9-4-7(6)8/h2-5,10H,1H3/t5-/m0/s1. The molecule has 1 rings (SSSR count). The van der Waals surface area contributed by atoms with E-state index in [1.807, 2.05) is 0 Å². The van der Waals surface area contributed by atoms with Crippen molar-refractivity contribution in [3.05, 3.63) is 29.8 Å². The Morgan fingerprint density at radius 3 is 2.80 bits per heavy atom. The number of nitrogens with zero attached hydrogens (tertiary/aromatic N) is 1. The number of aliphatic hydroxyl groups excluding tert-OH is 1. The van der Waals surface area contributed by atoms with Gasteiger partial charge < -0.3 is 5.11 Å². The molecule has 1 aromatic rings. The van der Waals surface area contributed by atoms with E-state index >= 15 is 0 Å². The molecule has 0 aliphatic heterocycles. The van der Waals surface area contributed by atoms with Gasteiger partial charge in [-0.15, -0.1) is 0 Å². The number of rotatable bonds is 1. The van der Waals surface area contributed by atoms with Gasteiger partial charge in [0.1, 0.15) is 5.82 Å².